The van der Waals surface area contributed by atoms with Crippen LogP contribution < -0.4 is 10.2 Å². The van der Waals surface area contributed by atoms with Gasteiger partial charge in [0, 0.05) is 74.7 Å². The van der Waals surface area contributed by atoms with Crippen molar-refractivity contribution in [3.63, 3.8) is 0 Å². The van der Waals surface area contributed by atoms with Crippen LogP contribution in [0.25, 0.3) is 11.3 Å². The van der Waals surface area contributed by atoms with E-state index < -0.39 is 6.04 Å². The Morgan fingerprint density at radius 1 is 0.817 bits per heavy atom. The number of imidazole rings is 2. The third kappa shape index (κ3) is 7.84. The highest BCUT2D eigenvalue weighted by Crippen LogP contribution is 2.55. The fourth-order valence-electron chi connectivity index (χ4n) is 11.7. The fraction of sp³-hybridized carbons (Fsp3) is 0.681. The maximum Gasteiger partial charge on any atom is 0.318 e. The largest absolute Gasteiger partial charge is 0.378 e. The second-order valence-electron chi connectivity index (χ2n) is 19.4. The average Bonchev–Trinajstić information content (AvgIpc) is 4.12. The van der Waals surface area contributed by atoms with Crippen molar-refractivity contribution < 1.29 is 19.1 Å². The van der Waals surface area contributed by atoms with Crippen LogP contribution in [0, 0.1) is 11.8 Å². The van der Waals surface area contributed by atoms with Gasteiger partial charge >= 0.3 is 6.03 Å². The molecule has 3 atom stereocenters. The molecule has 6 aliphatic rings. The minimum Gasteiger partial charge on any atom is -0.378 e. The number of nitrogens with zero attached hydrogens (tertiary/aromatic N) is 6. The Kier molecular flexibility index (Phi) is 11.7. The smallest absolute Gasteiger partial charge is 0.318 e. The Balaban J connectivity index is 0.887. The molecule has 4 saturated heterocycles. The Morgan fingerprint density at radius 3 is 2.22 bits per heavy atom. The number of piperidine rings is 1. The summed E-state index contributed by atoms with van der Waals surface area (Å²) in [5.41, 5.74) is 8.32. The van der Waals surface area contributed by atoms with Crippen molar-refractivity contribution in [3.05, 3.63) is 53.0 Å². The second kappa shape index (κ2) is 17.2. The average molecular weight is 822 g/mol. The Hall–Kier alpha value is -4.39. The van der Waals surface area contributed by atoms with Gasteiger partial charge in [0.2, 0.25) is 11.8 Å². The van der Waals surface area contributed by atoms with Crippen LogP contribution in [-0.2, 0) is 26.2 Å². The third-order valence-electron chi connectivity index (χ3n) is 14.8. The van der Waals surface area contributed by atoms with E-state index in [9.17, 15) is 14.4 Å². The summed E-state index contributed by atoms with van der Waals surface area (Å²) in [7, 11) is 0. The molecule has 1 spiro atoms. The quantitative estimate of drug-likeness (QED) is 0.194. The number of rotatable bonds is 10. The standard InChI is InChI=1S/C47H67N9O4/c1-30(2)27-40(57)55-19-7-9-38(55)43-49-29-36(51-43)33-11-12-37(41-34(33)13-18-47(41)16-5-6-17-47)53-21-14-32(15-22-53)35-28-48-44(50-35)39-10-8-20-56(39)45(58)42(31(3)4)52-46(59)54-23-25-60-26-24-54/h11-12,28-32,38-39,42H,5-10,13-27H2,1-4H3,(H,48,50)(H,49,51)(H,52,59)/t38-,39-,42-/m0/s1. The molecule has 0 radical (unpaired) electrons. The van der Waals surface area contributed by atoms with Gasteiger partial charge in [0.25, 0.3) is 0 Å². The minimum atomic E-state index is -0.593. The minimum absolute atomic E-state index is 0.0269. The van der Waals surface area contributed by atoms with E-state index in [1.807, 2.05) is 31.1 Å². The van der Waals surface area contributed by atoms with Crippen molar-refractivity contribution in [2.75, 3.05) is 57.4 Å². The maximum absolute atomic E-state index is 14.1. The number of hydrogen-bond donors (Lipinski definition) is 3. The number of urea groups is 1. The number of ether oxygens (including phenoxy) is 1. The molecule has 13 nitrogen and oxygen atoms in total. The maximum atomic E-state index is 14.1. The summed E-state index contributed by atoms with van der Waals surface area (Å²) in [5, 5.41) is 3.06. The first-order valence-corrected chi connectivity index (χ1v) is 23.3. The van der Waals surface area contributed by atoms with Crippen LogP contribution in [0.3, 0.4) is 0 Å². The number of carbonyl (C=O) groups is 3. The number of aromatic amines is 2. The third-order valence-corrected chi connectivity index (χ3v) is 14.8. The van der Waals surface area contributed by atoms with Crippen LogP contribution in [0.4, 0.5) is 10.5 Å². The van der Waals surface area contributed by atoms with E-state index >= 15 is 0 Å². The number of nitrogens with one attached hydrogen (secondary N) is 3. The van der Waals surface area contributed by atoms with E-state index in [2.05, 4.69) is 51.1 Å². The van der Waals surface area contributed by atoms with Crippen LogP contribution >= 0.6 is 0 Å². The summed E-state index contributed by atoms with van der Waals surface area (Å²) in [5.74, 6) is 2.69. The number of morpholine rings is 1. The number of benzene rings is 1. The summed E-state index contributed by atoms with van der Waals surface area (Å²) < 4.78 is 5.42. The number of aromatic nitrogens is 4. The zero-order valence-corrected chi connectivity index (χ0v) is 36.4. The first-order chi connectivity index (χ1) is 29.1. The molecule has 324 valence electrons. The lowest BCUT2D eigenvalue weighted by molar-refractivity contribution is -0.135. The predicted molar refractivity (Wildman–Crippen MR) is 232 cm³/mol. The topological polar surface area (TPSA) is 143 Å². The summed E-state index contributed by atoms with van der Waals surface area (Å²) in [6.07, 6.45) is 17.9. The highest BCUT2D eigenvalue weighted by atomic mass is 16.5. The Morgan fingerprint density at radius 2 is 1.50 bits per heavy atom. The summed E-state index contributed by atoms with van der Waals surface area (Å²) in [4.78, 5) is 66.0. The van der Waals surface area contributed by atoms with E-state index in [4.69, 9.17) is 14.7 Å². The molecule has 60 heavy (non-hydrogen) atoms. The monoisotopic (exact) mass is 822 g/mol. The molecule has 0 bridgehead atoms. The highest BCUT2D eigenvalue weighted by molar-refractivity contribution is 5.88. The normalized spacial score (nSPS) is 23.7. The van der Waals surface area contributed by atoms with E-state index in [0.29, 0.717) is 51.1 Å². The number of likely N-dealkylation sites (tertiary alicyclic amines) is 2. The van der Waals surface area contributed by atoms with Crippen molar-refractivity contribution in [2.45, 2.75) is 141 Å². The molecule has 6 heterocycles. The molecule has 4 amide bonds. The number of fused-ring (bicyclic) bond motifs is 2. The van der Waals surface area contributed by atoms with Gasteiger partial charge in [-0.05, 0) is 98.7 Å². The molecule has 4 aliphatic heterocycles. The van der Waals surface area contributed by atoms with E-state index in [1.165, 1.54) is 54.6 Å². The van der Waals surface area contributed by atoms with Gasteiger partial charge in [-0.3, -0.25) is 9.59 Å². The number of carbonyl (C=O) groups excluding carboxylic acids is 3. The van der Waals surface area contributed by atoms with Gasteiger partial charge in [0.15, 0.2) is 0 Å². The molecule has 0 unspecified atom stereocenters. The second-order valence-corrected chi connectivity index (χ2v) is 19.4. The fourth-order valence-corrected chi connectivity index (χ4v) is 11.7. The molecule has 5 fully saturated rings. The predicted octanol–water partition coefficient (Wildman–Crippen LogP) is 7.38. The van der Waals surface area contributed by atoms with Gasteiger partial charge in [-0.2, -0.15) is 0 Å². The molecule has 3 aromatic rings. The molecule has 13 heteroatoms. The first kappa shape index (κ1) is 41.0. The van der Waals surface area contributed by atoms with Crippen molar-refractivity contribution in [3.8, 4) is 11.3 Å². The van der Waals surface area contributed by atoms with Crippen LogP contribution in [0.15, 0.2) is 24.5 Å². The van der Waals surface area contributed by atoms with Crippen LogP contribution in [0.5, 0.6) is 0 Å². The number of amides is 4. The van der Waals surface area contributed by atoms with Gasteiger partial charge in [-0.25, -0.2) is 14.8 Å². The SMILES string of the molecule is CC(C)CC(=O)N1CCC[C@H]1c1ncc(-c2ccc(N3CCC(c4cnc([C@@H]5CCCN5C(=O)[C@@H](NC(=O)N5CCOCC5)C(C)C)[nH]4)CC3)c3c2CCC32CCCC2)[nH]1. The summed E-state index contributed by atoms with van der Waals surface area (Å²) >= 11 is 0. The number of hydrogen-bond acceptors (Lipinski definition) is 7. The molecule has 2 aromatic heterocycles. The Bertz CT molecular complexity index is 2020. The number of H-pyrrole nitrogens is 2. The van der Waals surface area contributed by atoms with Crippen molar-refractivity contribution in [1.29, 1.82) is 0 Å². The lowest BCUT2D eigenvalue weighted by atomic mass is 9.78. The van der Waals surface area contributed by atoms with Gasteiger partial charge in [0.1, 0.15) is 17.7 Å². The van der Waals surface area contributed by atoms with E-state index in [0.717, 1.165) is 81.9 Å². The van der Waals surface area contributed by atoms with Crippen LogP contribution in [0.1, 0.15) is 151 Å². The molecular formula is C47H67N9O4. The van der Waals surface area contributed by atoms with Gasteiger partial charge < -0.3 is 39.6 Å². The zero-order chi connectivity index (χ0) is 41.5. The lowest BCUT2D eigenvalue weighted by Gasteiger charge is -2.37. The molecule has 3 N–H and O–H groups in total. The van der Waals surface area contributed by atoms with Gasteiger partial charge in [-0.15, -0.1) is 0 Å². The Labute approximate surface area is 355 Å². The molecule has 1 aromatic carbocycles. The summed E-state index contributed by atoms with van der Waals surface area (Å²) in [6.45, 7) is 13.8. The van der Waals surface area contributed by atoms with Gasteiger partial charge in [-0.1, -0.05) is 46.6 Å². The van der Waals surface area contributed by atoms with Gasteiger partial charge in [0.05, 0.1) is 37.2 Å². The van der Waals surface area contributed by atoms with E-state index in [1.54, 1.807) is 10.5 Å². The molecule has 2 aliphatic carbocycles. The van der Waals surface area contributed by atoms with Crippen molar-refractivity contribution in [1.82, 2.24) is 40.0 Å². The van der Waals surface area contributed by atoms with Crippen molar-refractivity contribution >= 4 is 23.5 Å². The highest BCUT2D eigenvalue weighted by Gasteiger charge is 2.45. The zero-order valence-electron chi connectivity index (χ0n) is 36.4. The number of anilines is 1. The van der Waals surface area contributed by atoms with Crippen LogP contribution in [-0.4, -0.2) is 111 Å². The van der Waals surface area contributed by atoms with E-state index in [-0.39, 0.29) is 41.3 Å². The lowest BCUT2D eigenvalue weighted by Crippen LogP contribution is -2.55. The van der Waals surface area contributed by atoms with Crippen molar-refractivity contribution in [2.24, 2.45) is 11.8 Å². The van der Waals surface area contributed by atoms with Crippen LogP contribution in [0.2, 0.25) is 0 Å². The summed E-state index contributed by atoms with van der Waals surface area (Å²) in [6, 6.07) is 3.87. The first-order valence-electron chi connectivity index (χ1n) is 23.3. The molecular weight excluding hydrogens is 755 g/mol. The molecule has 9 rings (SSSR count). The molecule has 1 saturated carbocycles.